The Balaban J connectivity index is 1.34. The van der Waals surface area contributed by atoms with Crippen LogP contribution in [0.3, 0.4) is 0 Å². The van der Waals surface area contributed by atoms with Gasteiger partial charge in [0, 0.05) is 17.8 Å². The standard InChI is InChI=1S/C32H48O7/c1-18(33)9-10-26-31(8,39-28(4,5)38-26)25-12-14-32(35)20-15-22(34)21-16-23-24(37-27(2,3)36-23)17-29(21,6)19(20)11-13-30(25,32)7/h15,19,21,23-26,35H,9-14,16-17H2,1-8H3/t19-,21-,23+,24-,25-,26+,29+,30+,31+,32+/m0/s1. The number of ether oxygens (including phenoxy) is 4. The molecular formula is C32H48O7. The second-order valence-electron chi connectivity index (χ2n) is 15.2. The first-order chi connectivity index (χ1) is 17.9. The fourth-order valence-electron chi connectivity index (χ4n) is 10.3. The van der Waals surface area contributed by atoms with Crippen LogP contribution in [-0.2, 0) is 28.5 Å². The van der Waals surface area contributed by atoms with Crippen LogP contribution >= 0.6 is 0 Å². The minimum absolute atomic E-state index is 0.0271. The van der Waals surface area contributed by atoms with Crippen molar-refractivity contribution in [2.45, 2.75) is 148 Å². The van der Waals surface area contributed by atoms with Crippen LogP contribution in [-0.4, -0.2) is 57.8 Å². The van der Waals surface area contributed by atoms with Crippen LogP contribution in [0.25, 0.3) is 0 Å². The van der Waals surface area contributed by atoms with Gasteiger partial charge in [0.1, 0.15) is 5.78 Å². The average Bonchev–Trinajstić information content (AvgIpc) is 3.35. The molecule has 0 spiro atoms. The lowest BCUT2D eigenvalue weighted by Crippen LogP contribution is -2.62. The summed E-state index contributed by atoms with van der Waals surface area (Å²) >= 11 is 0. The van der Waals surface area contributed by atoms with Gasteiger partial charge in [-0.25, -0.2) is 0 Å². The molecule has 0 aromatic heterocycles. The summed E-state index contributed by atoms with van der Waals surface area (Å²) in [6, 6.07) is 0. The molecule has 0 amide bonds. The molecule has 0 aromatic carbocycles. The number of ketones is 2. The van der Waals surface area contributed by atoms with Gasteiger partial charge in [-0.1, -0.05) is 13.8 Å². The highest BCUT2D eigenvalue weighted by Gasteiger charge is 2.71. The predicted octanol–water partition coefficient (Wildman–Crippen LogP) is 5.27. The van der Waals surface area contributed by atoms with Crippen molar-refractivity contribution in [2.24, 2.45) is 28.6 Å². The van der Waals surface area contributed by atoms with Crippen LogP contribution in [0, 0.1) is 28.6 Å². The van der Waals surface area contributed by atoms with E-state index < -0.39 is 28.2 Å². The summed E-state index contributed by atoms with van der Waals surface area (Å²) in [6.07, 6.45) is 7.15. The van der Waals surface area contributed by atoms with E-state index in [4.69, 9.17) is 18.9 Å². The quantitative estimate of drug-likeness (QED) is 0.516. The van der Waals surface area contributed by atoms with E-state index in [2.05, 4.69) is 20.8 Å². The lowest BCUT2D eigenvalue weighted by molar-refractivity contribution is -0.190. The summed E-state index contributed by atoms with van der Waals surface area (Å²) < 4.78 is 25.6. The highest BCUT2D eigenvalue weighted by Crippen LogP contribution is 2.70. The maximum Gasteiger partial charge on any atom is 0.164 e. The summed E-state index contributed by atoms with van der Waals surface area (Å²) in [4.78, 5) is 25.7. The van der Waals surface area contributed by atoms with Crippen LogP contribution in [0.2, 0.25) is 0 Å². The zero-order valence-electron chi connectivity index (χ0n) is 25.1. The summed E-state index contributed by atoms with van der Waals surface area (Å²) in [5.41, 5.74) is -1.55. The molecule has 10 atom stereocenters. The Kier molecular flexibility index (Phi) is 6.08. The number of allylic oxidation sites excluding steroid dienone is 1. The molecule has 39 heavy (non-hydrogen) atoms. The smallest absolute Gasteiger partial charge is 0.164 e. The maximum absolute atomic E-state index is 13.8. The summed E-state index contributed by atoms with van der Waals surface area (Å²) in [6.45, 7) is 16.0. The van der Waals surface area contributed by atoms with Gasteiger partial charge < -0.3 is 28.8 Å². The van der Waals surface area contributed by atoms with E-state index in [1.165, 1.54) is 0 Å². The summed E-state index contributed by atoms with van der Waals surface area (Å²) in [7, 11) is 0. The Hall–Kier alpha value is -1.12. The number of carbonyl (C=O) groups is 2. The monoisotopic (exact) mass is 544 g/mol. The average molecular weight is 545 g/mol. The van der Waals surface area contributed by atoms with Crippen LogP contribution in [0.4, 0.5) is 0 Å². The van der Waals surface area contributed by atoms with Gasteiger partial charge in [0.15, 0.2) is 17.4 Å². The Bertz CT molecular complexity index is 1110. The molecule has 3 saturated carbocycles. The normalized spacial score (nSPS) is 51.5. The molecule has 6 rings (SSSR count). The van der Waals surface area contributed by atoms with Gasteiger partial charge in [0.25, 0.3) is 0 Å². The molecule has 2 heterocycles. The maximum atomic E-state index is 13.8. The van der Waals surface area contributed by atoms with Gasteiger partial charge >= 0.3 is 0 Å². The number of hydrogen-bond donors (Lipinski definition) is 1. The third-order valence-corrected chi connectivity index (χ3v) is 11.9. The lowest BCUT2D eigenvalue weighted by Gasteiger charge is -2.60. The topological polar surface area (TPSA) is 91.3 Å². The Morgan fingerprint density at radius 1 is 0.949 bits per heavy atom. The van der Waals surface area contributed by atoms with Crippen molar-refractivity contribution in [3.05, 3.63) is 11.6 Å². The molecule has 218 valence electrons. The zero-order valence-corrected chi connectivity index (χ0v) is 25.1. The molecule has 5 fully saturated rings. The number of fused-ring (bicyclic) bond motifs is 6. The summed E-state index contributed by atoms with van der Waals surface area (Å²) in [5.74, 6) is -1.08. The fourth-order valence-corrected chi connectivity index (χ4v) is 10.3. The van der Waals surface area contributed by atoms with Gasteiger partial charge in [0.05, 0.1) is 29.5 Å². The summed E-state index contributed by atoms with van der Waals surface area (Å²) in [5, 5.41) is 12.7. The van der Waals surface area contributed by atoms with Gasteiger partial charge in [-0.15, -0.1) is 0 Å². The second kappa shape index (κ2) is 8.47. The number of hydrogen-bond acceptors (Lipinski definition) is 7. The molecule has 0 unspecified atom stereocenters. The molecule has 7 nitrogen and oxygen atoms in total. The SMILES string of the molecule is CC(=O)CC[C@H]1OC(C)(C)O[C@]1(C)[C@H]1CC[C@@]2(O)C3=CC(=O)[C@@H]4C[C@H]5OC(C)(C)O[C@H]5C[C@]4(C)[C@H]3CC[C@]12C. The fraction of sp³-hybridized carbons (Fsp3) is 0.875. The van der Waals surface area contributed by atoms with Crippen molar-refractivity contribution in [1.29, 1.82) is 0 Å². The molecular weight excluding hydrogens is 496 g/mol. The Morgan fingerprint density at radius 3 is 2.33 bits per heavy atom. The number of carbonyl (C=O) groups excluding carboxylic acids is 2. The van der Waals surface area contributed by atoms with Crippen molar-refractivity contribution in [1.82, 2.24) is 0 Å². The van der Waals surface area contributed by atoms with E-state index in [0.717, 1.165) is 31.3 Å². The Labute approximate surface area is 233 Å². The molecule has 6 aliphatic rings. The van der Waals surface area contributed by atoms with Gasteiger partial charge in [-0.2, -0.15) is 0 Å². The van der Waals surface area contributed by atoms with Gasteiger partial charge in [-0.05, 0) is 115 Å². The molecule has 4 aliphatic carbocycles. The first kappa shape index (κ1) is 28.0. The Morgan fingerprint density at radius 2 is 1.64 bits per heavy atom. The van der Waals surface area contributed by atoms with Gasteiger partial charge in [-0.3, -0.25) is 4.79 Å². The minimum Gasteiger partial charge on any atom is -0.385 e. The van der Waals surface area contributed by atoms with Crippen LogP contribution in [0.15, 0.2) is 11.6 Å². The number of rotatable bonds is 4. The van der Waals surface area contributed by atoms with E-state index in [-0.39, 0.29) is 53.0 Å². The number of Topliss-reactive ketones (excluding diaryl/α,β-unsaturated/α-hetero) is 1. The van der Waals surface area contributed by atoms with E-state index in [9.17, 15) is 14.7 Å². The van der Waals surface area contributed by atoms with E-state index in [0.29, 0.717) is 25.7 Å². The highest BCUT2D eigenvalue weighted by atomic mass is 16.8. The molecule has 0 bridgehead atoms. The van der Waals surface area contributed by atoms with E-state index in [1.807, 2.05) is 33.8 Å². The van der Waals surface area contributed by atoms with Gasteiger partial charge in [0.2, 0.25) is 0 Å². The zero-order chi connectivity index (χ0) is 28.4. The van der Waals surface area contributed by atoms with E-state index in [1.54, 1.807) is 6.92 Å². The molecule has 2 saturated heterocycles. The van der Waals surface area contributed by atoms with Crippen molar-refractivity contribution >= 4 is 11.6 Å². The van der Waals surface area contributed by atoms with Crippen LogP contribution < -0.4 is 0 Å². The van der Waals surface area contributed by atoms with Crippen molar-refractivity contribution < 1.29 is 33.6 Å². The first-order valence-corrected chi connectivity index (χ1v) is 15.2. The molecule has 0 radical (unpaired) electrons. The van der Waals surface area contributed by atoms with Crippen molar-refractivity contribution in [3.63, 3.8) is 0 Å². The molecule has 0 aromatic rings. The first-order valence-electron chi connectivity index (χ1n) is 15.2. The number of aliphatic hydroxyl groups is 1. The molecule has 1 N–H and O–H groups in total. The lowest BCUT2D eigenvalue weighted by atomic mass is 9.45. The second-order valence-corrected chi connectivity index (χ2v) is 15.2. The molecule has 7 heteroatoms. The van der Waals surface area contributed by atoms with Crippen LogP contribution in [0.1, 0.15) is 107 Å². The third kappa shape index (κ3) is 3.93. The van der Waals surface area contributed by atoms with Crippen molar-refractivity contribution in [3.8, 4) is 0 Å². The highest BCUT2D eigenvalue weighted by molar-refractivity contribution is 5.95. The predicted molar refractivity (Wildman–Crippen MR) is 145 cm³/mol. The third-order valence-electron chi connectivity index (χ3n) is 11.9. The van der Waals surface area contributed by atoms with Crippen molar-refractivity contribution in [2.75, 3.05) is 0 Å². The van der Waals surface area contributed by atoms with E-state index >= 15 is 0 Å². The largest absolute Gasteiger partial charge is 0.385 e. The minimum atomic E-state index is -1.09. The van der Waals surface area contributed by atoms with Crippen LogP contribution in [0.5, 0.6) is 0 Å². The molecule has 2 aliphatic heterocycles.